The molecule has 0 saturated carbocycles. The summed E-state index contributed by atoms with van der Waals surface area (Å²) in [6.45, 7) is 52.7. The third-order valence-electron chi connectivity index (χ3n) is 14.5. The summed E-state index contributed by atoms with van der Waals surface area (Å²) in [6, 6.07) is 1.26. The second-order valence-electron chi connectivity index (χ2n) is 26.6. The van der Waals surface area contributed by atoms with Gasteiger partial charge in [-0.05, 0) is 113 Å². The minimum absolute atomic E-state index is 0. The predicted molar refractivity (Wildman–Crippen MR) is 349 cm³/mol. The first-order chi connectivity index (χ1) is 38.6. The standard InChI is InChI=1S/C25H34O6.C20H40O3Si2.C20H36OSi2.2F2.FH/c1-4-23(26)24-15-7-14-22(29-18-28-3)17-19(2)9-5-10-20-11-6-12-21(30-20)13-8-16-25(27)31-24;1-12-17(22-24(8,9)19(2,3)4)18(15-13-14-16-21)23-25(10,11)20(5,6)7;1-18(17-23(5,6)7)11-8-12-19-13-9-14-20(21-19)15-10-16-22(2,3)4;2*1-2;/h4,6-7,12,14,20-24,26H,1-2,5,9-11,13,15,17-18H2,3H3;12-14,16-18H,1,15H2,2-11H3;9,14,19-20H,1,8,11-13,15,17H2,2-7H3;;;1H/b14-7+;14-13+;;;;/t20-,21+,22-,23+,24+;17-,18+;19-,20+;;;/m111.../s1. The minimum atomic E-state index is -1.96. The lowest BCUT2D eigenvalue weighted by molar-refractivity contribution is -0.145. The third-order valence-corrected chi connectivity index (χ3v) is 26.0. The van der Waals surface area contributed by atoms with E-state index in [1.807, 2.05) is 30.4 Å². The average Bonchev–Trinajstić information content (AvgIpc) is 3.44. The van der Waals surface area contributed by atoms with Gasteiger partial charge < -0.3 is 37.6 Å². The first-order valence-corrected chi connectivity index (χ1v) is 42.3. The molecule has 0 aromatic heterocycles. The number of hydrogen-bond donors (Lipinski definition) is 1. The molecule has 9 atom stereocenters. The number of esters is 1. The number of methoxy groups -OCH3 is 1. The molecule has 0 saturated heterocycles. The van der Waals surface area contributed by atoms with Crippen molar-refractivity contribution < 1.29 is 70.2 Å². The number of hydrogen-bond acceptors (Lipinski definition) is 10. The highest BCUT2D eigenvalue weighted by Crippen LogP contribution is 2.41. The Bertz CT molecular complexity index is 2150. The summed E-state index contributed by atoms with van der Waals surface area (Å²) in [5.41, 5.74) is 5.96. The maximum Gasteiger partial charge on any atom is 0.384 e. The number of allylic oxidation sites excluding steroid dienone is 2. The highest BCUT2D eigenvalue weighted by molar-refractivity contribution is 6.83. The van der Waals surface area contributed by atoms with Crippen molar-refractivity contribution in [3.05, 3.63) is 98.2 Å². The van der Waals surface area contributed by atoms with Crippen molar-refractivity contribution >= 4 is 45.0 Å². The number of cyclic esters (lactones) is 1. The number of ether oxygens (including phenoxy) is 5. The maximum absolute atomic E-state index is 12.2. The van der Waals surface area contributed by atoms with Crippen LogP contribution in [0.15, 0.2) is 98.2 Å². The molecule has 3 aliphatic heterocycles. The van der Waals surface area contributed by atoms with Crippen LogP contribution in [0.2, 0.25) is 81.6 Å². The van der Waals surface area contributed by atoms with Crippen LogP contribution in [0.3, 0.4) is 0 Å². The summed E-state index contributed by atoms with van der Waals surface area (Å²) in [5, 5.41) is 10.4. The molecule has 482 valence electrons. The molecule has 0 spiro atoms. The normalized spacial score (nSPS) is 22.2. The smallest absolute Gasteiger partial charge is 0.384 e. The molecular weight excluding hydrogens is 1150 g/mol. The Morgan fingerprint density at radius 1 is 0.881 bits per heavy atom. The van der Waals surface area contributed by atoms with Crippen LogP contribution in [0.5, 0.6) is 0 Å². The number of halogens is 5. The fourth-order valence-electron chi connectivity index (χ4n) is 8.23. The van der Waals surface area contributed by atoms with E-state index in [2.05, 4.69) is 175 Å². The molecule has 3 aliphatic rings. The van der Waals surface area contributed by atoms with E-state index in [0.717, 1.165) is 63.2 Å². The molecule has 0 aliphatic carbocycles. The van der Waals surface area contributed by atoms with Crippen molar-refractivity contribution in [1.29, 1.82) is 0 Å². The second kappa shape index (κ2) is 43.9. The molecule has 0 radical (unpaired) electrons. The Hall–Kier alpha value is -3.58. The first-order valence-electron chi connectivity index (χ1n) is 29.3. The van der Waals surface area contributed by atoms with Crippen molar-refractivity contribution in [3.63, 3.8) is 0 Å². The summed E-state index contributed by atoms with van der Waals surface area (Å²) < 4.78 is 73.7. The van der Waals surface area contributed by atoms with Crippen LogP contribution in [-0.4, -0.2) is 119 Å². The van der Waals surface area contributed by atoms with Gasteiger partial charge in [-0.2, -0.15) is 0 Å². The highest BCUT2D eigenvalue weighted by atomic mass is 28.4. The molecule has 3 rings (SSSR count). The van der Waals surface area contributed by atoms with Crippen LogP contribution in [-0.2, 0) is 42.1 Å². The zero-order valence-corrected chi connectivity index (χ0v) is 58.5. The van der Waals surface area contributed by atoms with E-state index in [-0.39, 0.29) is 58.2 Å². The van der Waals surface area contributed by atoms with Crippen LogP contribution < -0.4 is 0 Å². The molecule has 0 unspecified atom stereocenters. The van der Waals surface area contributed by atoms with Crippen molar-refractivity contribution in [3.8, 4) is 23.3 Å². The summed E-state index contributed by atoms with van der Waals surface area (Å²) in [5.74, 6) is 7.99. The molecule has 10 nitrogen and oxygen atoms in total. The molecule has 0 fully saturated rings. The monoisotopic (exact) mass is 1260 g/mol. The Kier molecular flexibility index (Phi) is 44.3. The van der Waals surface area contributed by atoms with E-state index < -0.39 is 51.0 Å². The molecule has 0 aromatic rings. The average molecular weight is 1260 g/mol. The van der Waals surface area contributed by atoms with Gasteiger partial charge in [0, 0.05) is 58.7 Å². The van der Waals surface area contributed by atoms with Crippen molar-refractivity contribution in [2.75, 3.05) is 13.9 Å². The van der Waals surface area contributed by atoms with Gasteiger partial charge in [0.25, 0.3) is 0 Å². The number of aldehydes is 1. The Morgan fingerprint density at radius 2 is 1.49 bits per heavy atom. The van der Waals surface area contributed by atoms with E-state index in [4.69, 9.17) is 50.8 Å². The number of aliphatic hydroxyl groups is 1. The number of rotatable bonds is 21. The zero-order valence-electron chi connectivity index (χ0n) is 54.5. The van der Waals surface area contributed by atoms with Crippen LogP contribution in [0.4, 0.5) is 23.0 Å². The highest BCUT2D eigenvalue weighted by Gasteiger charge is 2.44. The lowest BCUT2D eigenvalue weighted by atomic mass is 9.99. The minimum Gasteiger partial charge on any atom is -0.449 e. The molecule has 1 N–H and O–H groups in total. The van der Waals surface area contributed by atoms with E-state index in [1.165, 1.54) is 30.2 Å². The second-order valence-corrected chi connectivity index (χ2v) is 46.4. The van der Waals surface area contributed by atoms with Gasteiger partial charge in [0.2, 0.25) is 0 Å². The SMILES string of the molecule is C=C(CCC[C@@H]1CC=C[C@@H](CC#C[Si](C)(C)C)O1)C[Si](C)(C)C.C=C[C@@H](O[Si](C)(C)C(C)(C)C)[C@H](C/C=C/C=O)O[Si](C)(C)C(C)(C)C.C=C[C@H](O)[C@@H]1C/C=C/[C@@H](OCOC)CC(=C)CCC[C@@H]2CC=C[C@@H](CC#CC(=O)O1)O2.F.FF.FF. The van der Waals surface area contributed by atoms with Crippen LogP contribution >= 0.6 is 0 Å². The van der Waals surface area contributed by atoms with Crippen molar-refractivity contribution in [2.45, 2.75) is 262 Å². The predicted octanol–water partition coefficient (Wildman–Crippen LogP) is 17.6. The van der Waals surface area contributed by atoms with Crippen LogP contribution in [0.1, 0.15) is 125 Å². The van der Waals surface area contributed by atoms with E-state index in [9.17, 15) is 14.7 Å². The molecule has 84 heavy (non-hydrogen) atoms. The van der Waals surface area contributed by atoms with Crippen LogP contribution in [0, 0.1) is 23.3 Å². The van der Waals surface area contributed by atoms with Gasteiger partial charge in [-0.3, -0.25) is 9.50 Å². The van der Waals surface area contributed by atoms with Gasteiger partial charge >= 0.3 is 5.97 Å². The molecule has 0 aromatic carbocycles. The van der Waals surface area contributed by atoms with E-state index >= 15 is 0 Å². The van der Waals surface area contributed by atoms with Gasteiger partial charge in [-0.25, -0.2) is 4.79 Å². The molecular formula is C65H111F5O10Si4. The summed E-state index contributed by atoms with van der Waals surface area (Å²) in [6.07, 6.45) is 29.1. The Balaban J connectivity index is -0.00000114. The third kappa shape index (κ3) is 39.3. The quantitative estimate of drug-likeness (QED) is 0.0137. The molecule has 0 amide bonds. The number of aliphatic hydroxyl groups excluding tert-OH is 1. The molecule has 3 heterocycles. The fraction of sp³-hybridized carbons (Fsp3) is 0.662. The van der Waals surface area contributed by atoms with E-state index in [1.54, 1.807) is 7.11 Å². The van der Waals surface area contributed by atoms with Gasteiger partial charge in [0.15, 0.2) is 16.6 Å². The fourth-order valence-corrected chi connectivity index (χ4v) is 13.2. The number of fused-ring (bicyclic) bond motifs is 2. The Morgan fingerprint density at radius 3 is 2.05 bits per heavy atom. The number of carbonyl (C=O) groups is 2. The summed E-state index contributed by atoms with van der Waals surface area (Å²) >= 11 is 0. The van der Waals surface area contributed by atoms with Gasteiger partial charge in [0.05, 0.1) is 42.7 Å². The summed E-state index contributed by atoms with van der Waals surface area (Å²) in [7, 11) is -4.61. The summed E-state index contributed by atoms with van der Waals surface area (Å²) in [4.78, 5) is 22.8. The lowest BCUT2D eigenvalue weighted by Crippen LogP contribution is -2.51. The first kappa shape index (κ1) is 84.6. The van der Waals surface area contributed by atoms with Gasteiger partial charge in [-0.15, -0.1) is 31.2 Å². The van der Waals surface area contributed by atoms with Crippen molar-refractivity contribution in [2.24, 2.45) is 0 Å². The topological polar surface area (TPSA) is 119 Å². The lowest BCUT2D eigenvalue weighted by Gasteiger charge is -2.44. The Labute approximate surface area is 509 Å². The van der Waals surface area contributed by atoms with E-state index in [0.29, 0.717) is 31.8 Å². The molecule has 19 heteroatoms. The molecule has 2 bridgehead atoms. The number of carbonyl (C=O) groups excluding carboxylic acids is 2. The van der Waals surface area contributed by atoms with Crippen molar-refractivity contribution in [1.82, 2.24) is 0 Å². The van der Waals surface area contributed by atoms with Crippen LogP contribution in [0.25, 0.3) is 0 Å². The van der Waals surface area contributed by atoms with Gasteiger partial charge in [0.1, 0.15) is 33.4 Å². The zero-order chi connectivity index (χ0) is 64.1. The largest absolute Gasteiger partial charge is 0.449 e. The van der Waals surface area contributed by atoms with Gasteiger partial charge in [-0.1, -0.05) is 159 Å². The maximum atomic E-state index is 12.2.